The van der Waals surface area contributed by atoms with Crippen molar-refractivity contribution in [1.82, 2.24) is 4.31 Å². The zero-order valence-corrected chi connectivity index (χ0v) is 13.3. The second kappa shape index (κ2) is 6.83. The van der Waals surface area contributed by atoms with Gasteiger partial charge in [0.2, 0.25) is 0 Å². The fourth-order valence-electron chi connectivity index (χ4n) is 2.30. The van der Waals surface area contributed by atoms with Gasteiger partial charge in [-0.25, -0.2) is 0 Å². The van der Waals surface area contributed by atoms with E-state index in [2.05, 4.69) is 4.72 Å². The third-order valence-corrected chi connectivity index (χ3v) is 5.33. The molecule has 0 bridgehead atoms. The zero-order chi connectivity index (χ0) is 15.5. The summed E-state index contributed by atoms with van der Waals surface area (Å²) in [6, 6.07) is 4.75. The van der Waals surface area contributed by atoms with Gasteiger partial charge in [-0.15, -0.1) is 0 Å². The van der Waals surface area contributed by atoms with Gasteiger partial charge in [0.25, 0.3) is 0 Å². The molecule has 1 aromatic carbocycles. The molecule has 1 fully saturated rings. The number of hydrogen-bond acceptors (Lipinski definition) is 4. The van der Waals surface area contributed by atoms with Crippen molar-refractivity contribution < 1.29 is 18.3 Å². The van der Waals surface area contributed by atoms with E-state index in [0.717, 1.165) is 0 Å². The number of benzene rings is 1. The summed E-state index contributed by atoms with van der Waals surface area (Å²) in [7, 11) is -2.19. The Morgan fingerprint density at radius 1 is 1.43 bits per heavy atom. The van der Waals surface area contributed by atoms with Crippen molar-refractivity contribution in [1.29, 1.82) is 0 Å². The van der Waals surface area contributed by atoms with Gasteiger partial charge in [0, 0.05) is 24.7 Å². The summed E-state index contributed by atoms with van der Waals surface area (Å²) in [5.41, 5.74) is 0.314. The van der Waals surface area contributed by atoms with Crippen molar-refractivity contribution in [2.75, 3.05) is 31.5 Å². The van der Waals surface area contributed by atoms with Gasteiger partial charge in [0.05, 0.1) is 12.8 Å². The van der Waals surface area contributed by atoms with Gasteiger partial charge in [0.1, 0.15) is 5.75 Å². The second-order valence-electron chi connectivity index (χ2n) is 4.98. The molecule has 118 valence electrons. The average Bonchev–Trinajstić information content (AvgIpc) is 2.47. The van der Waals surface area contributed by atoms with Gasteiger partial charge in [-0.2, -0.15) is 12.7 Å². The molecule has 1 aliphatic heterocycles. The Morgan fingerprint density at radius 3 is 2.67 bits per heavy atom. The van der Waals surface area contributed by atoms with Crippen molar-refractivity contribution in [3.63, 3.8) is 0 Å². The molecule has 0 unspecified atom stereocenters. The van der Waals surface area contributed by atoms with Gasteiger partial charge >= 0.3 is 10.2 Å². The number of ether oxygens (including phenoxy) is 1. The standard InChI is InChI=1S/C13H19ClN2O4S/c1-20-13-3-2-11(14)8-12(13)15-21(18,19)16-6-4-10(9-17)5-7-16/h2-3,8,10,15,17H,4-7,9H2,1H3. The summed E-state index contributed by atoms with van der Waals surface area (Å²) in [5, 5.41) is 9.52. The van der Waals surface area contributed by atoms with Crippen LogP contribution in [0.5, 0.6) is 5.75 Å². The lowest BCUT2D eigenvalue weighted by molar-refractivity contribution is 0.170. The minimum absolute atomic E-state index is 0.101. The average molecular weight is 335 g/mol. The van der Waals surface area contributed by atoms with Crippen LogP contribution in [0.4, 0.5) is 5.69 Å². The van der Waals surface area contributed by atoms with Crippen molar-refractivity contribution in [3.8, 4) is 5.75 Å². The number of nitrogens with zero attached hydrogens (tertiary/aromatic N) is 1. The van der Waals surface area contributed by atoms with Crippen molar-refractivity contribution in [2.45, 2.75) is 12.8 Å². The number of methoxy groups -OCH3 is 1. The van der Waals surface area contributed by atoms with Gasteiger partial charge in [0.15, 0.2) is 0 Å². The fraction of sp³-hybridized carbons (Fsp3) is 0.538. The molecule has 1 saturated heterocycles. The molecule has 0 aliphatic carbocycles. The molecule has 0 atom stereocenters. The highest BCUT2D eigenvalue weighted by Gasteiger charge is 2.28. The number of aliphatic hydroxyl groups is 1. The lowest BCUT2D eigenvalue weighted by atomic mass is 10.00. The summed E-state index contributed by atoms with van der Waals surface area (Å²) in [4.78, 5) is 0. The summed E-state index contributed by atoms with van der Waals surface area (Å²) < 4.78 is 33.8. The quantitative estimate of drug-likeness (QED) is 0.859. The summed E-state index contributed by atoms with van der Waals surface area (Å²) in [5.74, 6) is 0.588. The van der Waals surface area contributed by atoms with E-state index in [9.17, 15) is 8.42 Å². The molecule has 8 heteroatoms. The molecular formula is C13H19ClN2O4S. The Kier molecular flexibility index (Phi) is 5.32. The maximum atomic E-state index is 12.4. The smallest absolute Gasteiger partial charge is 0.301 e. The third kappa shape index (κ3) is 4.00. The number of piperidine rings is 1. The number of rotatable bonds is 5. The van der Waals surface area contributed by atoms with E-state index < -0.39 is 10.2 Å². The molecule has 0 amide bonds. The molecule has 0 spiro atoms. The van der Waals surface area contributed by atoms with Crippen molar-refractivity contribution in [3.05, 3.63) is 23.2 Å². The molecule has 1 aromatic rings. The maximum absolute atomic E-state index is 12.4. The number of anilines is 1. The van der Waals surface area contributed by atoms with Crippen LogP contribution in [-0.4, -0.2) is 44.6 Å². The van der Waals surface area contributed by atoms with Crippen LogP contribution in [0.15, 0.2) is 18.2 Å². The van der Waals surface area contributed by atoms with Gasteiger partial charge in [-0.3, -0.25) is 4.72 Å². The highest BCUT2D eigenvalue weighted by molar-refractivity contribution is 7.90. The topological polar surface area (TPSA) is 78.9 Å². The van der Waals surface area contributed by atoms with Crippen LogP contribution >= 0.6 is 11.6 Å². The lowest BCUT2D eigenvalue weighted by Crippen LogP contribution is -2.42. The van der Waals surface area contributed by atoms with Crippen molar-refractivity contribution >= 4 is 27.5 Å². The molecular weight excluding hydrogens is 316 g/mol. The largest absolute Gasteiger partial charge is 0.495 e. The predicted octanol–water partition coefficient (Wildman–Crippen LogP) is 1.71. The Hall–Kier alpha value is -1.02. The van der Waals surface area contributed by atoms with Crippen LogP contribution in [0.2, 0.25) is 5.02 Å². The van der Waals surface area contributed by atoms with Crippen LogP contribution in [0.3, 0.4) is 0 Å². The van der Waals surface area contributed by atoms with E-state index in [1.165, 1.54) is 17.5 Å². The highest BCUT2D eigenvalue weighted by atomic mass is 35.5. The Labute approximate surface area is 129 Å². The SMILES string of the molecule is COc1ccc(Cl)cc1NS(=O)(=O)N1CCC(CO)CC1. The molecule has 0 saturated carbocycles. The molecule has 6 nitrogen and oxygen atoms in total. The monoisotopic (exact) mass is 334 g/mol. The minimum Gasteiger partial charge on any atom is -0.495 e. The Balaban J connectivity index is 2.13. The van der Waals surface area contributed by atoms with E-state index in [1.54, 1.807) is 12.1 Å². The number of halogens is 1. The van der Waals surface area contributed by atoms with Gasteiger partial charge in [-0.1, -0.05) is 11.6 Å². The molecule has 1 heterocycles. The zero-order valence-electron chi connectivity index (χ0n) is 11.8. The first-order valence-corrected chi connectivity index (χ1v) is 8.50. The normalized spacial score (nSPS) is 17.7. The molecule has 2 rings (SSSR count). The number of nitrogens with one attached hydrogen (secondary N) is 1. The second-order valence-corrected chi connectivity index (χ2v) is 7.08. The minimum atomic E-state index is -3.65. The third-order valence-electron chi connectivity index (χ3n) is 3.57. The summed E-state index contributed by atoms with van der Waals surface area (Å²) in [6.07, 6.45) is 1.31. The Morgan fingerprint density at radius 2 is 2.10 bits per heavy atom. The molecule has 0 aromatic heterocycles. The molecule has 2 N–H and O–H groups in total. The molecule has 0 radical (unpaired) electrons. The van der Waals surface area contributed by atoms with Crippen LogP contribution < -0.4 is 9.46 Å². The van der Waals surface area contributed by atoms with Gasteiger partial charge in [-0.05, 0) is 37.0 Å². The summed E-state index contributed by atoms with van der Waals surface area (Å²) in [6.45, 7) is 0.885. The van der Waals surface area contributed by atoms with E-state index in [1.807, 2.05) is 0 Å². The number of aliphatic hydroxyl groups excluding tert-OH is 1. The van der Waals surface area contributed by atoms with Gasteiger partial charge < -0.3 is 9.84 Å². The van der Waals surface area contributed by atoms with Crippen LogP contribution in [0.25, 0.3) is 0 Å². The first-order chi connectivity index (χ1) is 9.96. The fourth-order valence-corrected chi connectivity index (χ4v) is 3.73. The molecule has 21 heavy (non-hydrogen) atoms. The van der Waals surface area contributed by atoms with E-state index in [0.29, 0.717) is 42.4 Å². The van der Waals surface area contributed by atoms with E-state index in [-0.39, 0.29) is 12.5 Å². The summed E-state index contributed by atoms with van der Waals surface area (Å²) >= 11 is 5.89. The Bertz CT molecular complexity index is 586. The van der Waals surface area contributed by atoms with Crippen LogP contribution in [-0.2, 0) is 10.2 Å². The van der Waals surface area contributed by atoms with Crippen molar-refractivity contribution in [2.24, 2.45) is 5.92 Å². The van der Waals surface area contributed by atoms with Crippen LogP contribution in [0, 0.1) is 5.92 Å². The maximum Gasteiger partial charge on any atom is 0.301 e. The lowest BCUT2D eigenvalue weighted by Gasteiger charge is -2.30. The van der Waals surface area contributed by atoms with E-state index >= 15 is 0 Å². The first-order valence-electron chi connectivity index (χ1n) is 6.68. The molecule has 1 aliphatic rings. The highest BCUT2D eigenvalue weighted by Crippen LogP contribution is 2.29. The first kappa shape index (κ1) is 16.4. The van der Waals surface area contributed by atoms with E-state index in [4.69, 9.17) is 21.4 Å². The van der Waals surface area contributed by atoms with Crippen LogP contribution in [0.1, 0.15) is 12.8 Å². The number of hydrogen-bond donors (Lipinski definition) is 2. The predicted molar refractivity (Wildman–Crippen MR) is 81.9 cm³/mol.